The largest absolute Gasteiger partial charge is 0.384 e. The van der Waals surface area contributed by atoms with Crippen LogP contribution in [0.15, 0.2) is 18.2 Å². The molecule has 0 radical (unpaired) electrons. The standard InChI is InChI=1S/C11H14N2/c1-9-4-5-11(10(2)8-9)13-7-3-6-12/h4-5,8,13H,3,7H2,1-2H3. The van der Waals surface area contributed by atoms with E-state index < -0.39 is 0 Å². The fraction of sp³-hybridized carbons (Fsp3) is 0.364. The van der Waals surface area contributed by atoms with Gasteiger partial charge in [0.2, 0.25) is 0 Å². The van der Waals surface area contributed by atoms with Crippen molar-refractivity contribution in [1.82, 2.24) is 0 Å². The molecule has 0 fully saturated rings. The van der Waals surface area contributed by atoms with E-state index in [4.69, 9.17) is 5.26 Å². The molecule has 0 atom stereocenters. The van der Waals surface area contributed by atoms with Gasteiger partial charge < -0.3 is 5.32 Å². The molecule has 2 heteroatoms. The van der Waals surface area contributed by atoms with Crippen LogP contribution in [0, 0.1) is 25.2 Å². The van der Waals surface area contributed by atoms with Gasteiger partial charge in [0.25, 0.3) is 0 Å². The van der Waals surface area contributed by atoms with Gasteiger partial charge in [0, 0.05) is 12.2 Å². The fourth-order valence-electron chi connectivity index (χ4n) is 1.27. The van der Waals surface area contributed by atoms with E-state index in [0.717, 1.165) is 12.2 Å². The summed E-state index contributed by atoms with van der Waals surface area (Å²) in [4.78, 5) is 0. The van der Waals surface area contributed by atoms with Crippen LogP contribution in [-0.4, -0.2) is 6.54 Å². The van der Waals surface area contributed by atoms with Crippen molar-refractivity contribution in [3.63, 3.8) is 0 Å². The summed E-state index contributed by atoms with van der Waals surface area (Å²) in [6, 6.07) is 8.37. The zero-order valence-electron chi connectivity index (χ0n) is 8.09. The summed E-state index contributed by atoms with van der Waals surface area (Å²) in [5.41, 5.74) is 3.63. The molecule has 0 saturated carbocycles. The quantitative estimate of drug-likeness (QED) is 0.715. The normalized spacial score (nSPS) is 9.31. The average Bonchev–Trinajstić information content (AvgIpc) is 2.09. The first-order valence-corrected chi connectivity index (χ1v) is 4.42. The second-order valence-electron chi connectivity index (χ2n) is 3.15. The molecule has 68 valence electrons. The predicted molar refractivity (Wildman–Crippen MR) is 54.6 cm³/mol. The third-order valence-corrected chi connectivity index (χ3v) is 1.93. The second-order valence-corrected chi connectivity index (χ2v) is 3.15. The Morgan fingerprint density at radius 3 is 2.77 bits per heavy atom. The van der Waals surface area contributed by atoms with Crippen molar-refractivity contribution in [2.24, 2.45) is 0 Å². The Kier molecular flexibility index (Phi) is 3.33. The first kappa shape index (κ1) is 9.60. The molecule has 0 saturated heterocycles. The van der Waals surface area contributed by atoms with E-state index in [9.17, 15) is 0 Å². The first-order chi connectivity index (χ1) is 6.24. The minimum atomic E-state index is 0.549. The Morgan fingerprint density at radius 1 is 1.38 bits per heavy atom. The van der Waals surface area contributed by atoms with Gasteiger partial charge >= 0.3 is 0 Å². The minimum Gasteiger partial charge on any atom is -0.384 e. The summed E-state index contributed by atoms with van der Waals surface area (Å²) in [7, 11) is 0. The van der Waals surface area contributed by atoms with Crippen molar-refractivity contribution < 1.29 is 0 Å². The van der Waals surface area contributed by atoms with Gasteiger partial charge in [-0.3, -0.25) is 0 Å². The number of nitriles is 1. The van der Waals surface area contributed by atoms with E-state index in [1.54, 1.807) is 0 Å². The van der Waals surface area contributed by atoms with Crippen molar-refractivity contribution in [3.8, 4) is 6.07 Å². The van der Waals surface area contributed by atoms with Crippen LogP contribution in [0.4, 0.5) is 5.69 Å². The van der Waals surface area contributed by atoms with E-state index in [-0.39, 0.29) is 0 Å². The Labute approximate surface area is 79.2 Å². The van der Waals surface area contributed by atoms with Crippen molar-refractivity contribution in [2.75, 3.05) is 11.9 Å². The number of anilines is 1. The molecule has 0 heterocycles. The zero-order valence-corrected chi connectivity index (χ0v) is 8.09. The number of nitrogens with zero attached hydrogens (tertiary/aromatic N) is 1. The fourth-order valence-corrected chi connectivity index (χ4v) is 1.27. The van der Waals surface area contributed by atoms with Crippen molar-refractivity contribution in [3.05, 3.63) is 29.3 Å². The highest BCUT2D eigenvalue weighted by Crippen LogP contribution is 2.15. The molecule has 13 heavy (non-hydrogen) atoms. The average molecular weight is 174 g/mol. The molecule has 0 spiro atoms. The van der Waals surface area contributed by atoms with Crippen molar-refractivity contribution >= 4 is 5.69 Å². The monoisotopic (exact) mass is 174 g/mol. The molecule has 0 aromatic heterocycles. The Morgan fingerprint density at radius 2 is 2.15 bits per heavy atom. The van der Waals surface area contributed by atoms with Gasteiger partial charge in [0.15, 0.2) is 0 Å². The van der Waals surface area contributed by atoms with E-state index in [1.807, 2.05) is 0 Å². The van der Waals surface area contributed by atoms with Crippen molar-refractivity contribution in [2.45, 2.75) is 20.3 Å². The third kappa shape index (κ3) is 2.79. The Hall–Kier alpha value is -1.49. The number of benzene rings is 1. The Bertz CT molecular complexity index is 323. The number of hydrogen-bond acceptors (Lipinski definition) is 2. The highest BCUT2D eigenvalue weighted by atomic mass is 14.9. The van der Waals surface area contributed by atoms with Gasteiger partial charge in [-0.1, -0.05) is 17.7 Å². The lowest BCUT2D eigenvalue weighted by Crippen LogP contribution is -2.01. The molecular weight excluding hydrogens is 160 g/mol. The van der Waals surface area contributed by atoms with E-state index in [2.05, 4.69) is 43.4 Å². The lowest BCUT2D eigenvalue weighted by atomic mass is 10.1. The van der Waals surface area contributed by atoms with Crippen LogP contribution in [0.3, 0.4) is 0 Å². The summed E-state index contributed by atoms with van der Waals surface area (Å²) in [6.07, 6.45) is 0.549. The number of hydrogen-bond donors (Lipinski definition) is 1. The van der Waals surface area contributed by atoms with Gasteiger partial charge in [0.1, 0.15) is 0 Å². The van der Waals surface area contributed by atoms with Crippen LogP contribution < -0.4 is 5.32 Å². The zero-order chi connectivity index (χ0) is 9.68. The lowest BCUT2D eigenvalue weighted by molar-refractivity contribution is 1.07. The smallest absolute Gasteiger partial charge is 0.0640 e. The van der Waals surface area contributed by atoms with Crippen LogP contribution in [0.1, 0.15) is 17.5 Å². The van der Waals surface area contributed by atoms with Gasteiger partial charge in [-0.05, 0) is 25.5 Å². The van der Waals surface area contributed by atoms with Crippen LogP contribution in [-0.2, 0) is 0 Å². The summed E-state index contributed by atoms with van der Waals surface area (Å²) in [5.74, 6) is 0. The van der Waals surface area contributed by atoms with Crippen LogP contribution in [0.5, 0.6) is 0 Å². The maximum absolute atomic E-state index is 8.37. The molecule has 1 aromatic carbocycles. The third-order valence-electron chi connectivity index (χ3n) is 1.93. The van der Waals surface area contributed by atoms with Crippen LogP contribution in [0.25, 0.3) is 0 Å². The van der Waals surface area contributed by atoms with Gasteiger partial charge in [-0.25, -0.2) is 0 Å². The molecule has 1 aromatic rings. The molecule has 1 rings (SSSR count). The van der Waals surface area contributed by atoms with Crippen LogP contribution >= 0.6 is 0 Å². The molecule has 1 N–H and O–H groups in total. The maximum atomic E-state index is 8.37. The van der Waals surface area contributed by atoms with Gasteiger partial charge in [-0.15, -0.1) is 0 Å². The summed E-state index contributed by atoms with van der Waals surface area (Å²) in [5, 5.41) is 11.6. The Balaban J connectivity index is 2.62. The van der Waals surface area contributed by atoms with E-state index in [0.29, 0.717) is 6.42 Å². The van der Waals surface area contributed by atoms with Crippen LogP contribution in [0.2, 0.25) is 0 Å². The molecule has 0 aliphatic heterocycles. The highest BCUT2D eigenvalue weighted by Gasteiger charge is 1.96. The SMILES string of the molecule is Cc1ccc(NCCC#N)c(C)c1. The number of aryl methyl sites for hydroxylation is 2. The van der Waals surface area contributed by atoms with E-state index >= 15 is 0 Å². The molecular formula is C11H14N2. The minimum absolute atomic E-state index is 0.549. The van der Waals surface area contributed by atoms with Gasteiger partial charge in [-0.2, -0.15) is 5.26 Å². The molecule has 0 aliphatic carbocycles. The predicted octanol–water partition coefficient (Wildman–Crippen LogP) is 2.63. The summed E-state index contributed by atoms with van der Waals surface area (Å²) >= 11 is 0. The molecule has 2 nitrogen and oxygen atoms in total. The molecule has 0 amide bonds. The van der Waals surface area contributed by atoms with Gasteiger partial charge in [0.05, 0.1) is 12.5 Å². The molecule has 0 aliphatic rings. The lowest BCUT2D eigenvalue weighted by Gasteiger charge is -2.07. The molecule has 0 unspecified atom stereocenters. The number of nitrogens with one attached hydrogen (secondary N) is 1. The second kappa shape index (κ2) is 4.51. The van der Waals surface area contributed by atoms with Crippen molar-refractivity contribution in [1.29, 1.82) is 5.26 Å². The highest BCUT2D eigenvalue weighted by molar-refractivity contribution is 5.51. The number of rotatable bonds is 3. The summed E-state index contributed by atoms with van der Waals surface area (Å²) < 4.78 is 0. The maximum Gasteiger partial charge on any atom is 0.0640 e. The first-order valence-electron chi connectivity index (χ1n) is 4.42. The molecule has 0 bridgehead atoms. The summed E-state index contributed by atoms with van der Waals surface area (Å²) in [6.45, 7) is 4.87. The van der Waals surface area contributed by atoms with E-state index in [1.165, 1.54) is 11.1 Å². The topological polar surface area (TPSA) is 35.8 Å².